The molecule has 4 unspecified atom stereocenters. The lowest BCUT2D eigenvalue weighted by Gasteiger charge is -2.39. The van der Waals surface area contributed by atoms with Crippen molar-refractivity contribution in [2.75, 3.05) is 20.3 Å². The lowest BCUT2D eigenvalue weighted by Crippen LogP contribution is -2.60. The molecule has 0 aromatic heterocycles. The summed E-state index contributed by atoms with van der Waals surface area (Å²) in [6, 6.07) is -0.848. The maximum absolute atomic E-state index is 11.9. The van der Waals surface area contributed by atoms with Gasteiger partial charge in [0.25, 0.3) is 0 Å². The van der Waals surface area contributed by atoms with Crippen LogP contribution < -0.4 is 5.73 Å². The van der Waals surface area contributed by atoms with Crippen molar-refractivity contribution in [3.05, 3.63) is 12.2 Å². The van der Waals surface area contributed by atoms with Crippen LogP contribution in [0, 0.1) is 5.92 Å². The van der Waals surface area contributed by atoms with Crippen LogP contribution >= 0.6 is 0 Å². The summed E-state index contributed by atoms with van der Waals surface area (Å²) in [6.07, 6.45) is 4.37. The van der Waals surface area contributed by atoms with E-state index < -0.39 is 17.9 Å². The number of hydrogen-bond donors (Lipinski definition) is 2. The third-order valence-electron chi connectivity index (χ3n) is 4.90. The number of Topliss-reactive ketones (excluding diaryl/α,β-unsaturated/α-hetero) is 1. The smallest absolute Gasteiger partial charge is 0.154 e. The van der Waals surface area contributed by atoms with Crippen LogP contribution in [0.1, 0.15) is 41.0 Å². The summed E-state index contributed by atoms with van der Waals surface area (Å²) < 4.78 is 10.9. The maximum atomic E-state index is 11.9. The molecule has 3 N–H and O–H groups in total. The molecular formula is C18H34N2O4. The Hall–Kier alpha value is -0.790. The van der Waals surface area contributed by atoms with Crippen LogP contribution in [0.2, 0.25) is 0 Å². The monoisotopic (exact) mass is 342 g/mol. The van der Waals surface area contributed by atoms with Crippen molar-refractivity contribution in [3.63, 3.8) is 0 Å². The van der Waals surface area contributed by atoms with Crippen LogP contribution in [-0.4, -0.2) is 66.1 Å². The fourth-order valence-electron chi connectivity index (χ4n) is 3.52. The van der Waals surface area contributed by atoms with Gasteiger partial charge < -0.3 is 20.3 Å². The van der Waals surface area contributed by atoms with Crippen molar-refractivity contribution >= 4 is 5.78 Å². The lowest BCUT2D eigenvalue weighted by molar-refractivity contribution is -0.169. The van der Waals surface area contributed by atoms with Crippen molar-refractivity contribution in [2.24, 2.45) is 11.7 Å². The van der Waals surface area contributed by atoms with Gasteiger partial charge in [-0.1, -0.05) is 12.2 Å². The number of ketones is 1. The molecule has 1 fully saturated rings. The maximum Gasteiger partial charge on any atom is 0.154 e. The number of rotatable bonds is 9. The number of likely N-dealkylation sites (N-methyl/N-ethyl adjacent to an activating group) is 1. The molecule has 0 amide bonds. The minimum absolute atomic E-state index is 0.0764. The molecule has 24 heavy (non-hydrogen) atoms. The molecule has 1 aliphatic rings. The molecule has 1 aliphatic heterocycles. The first-order valence-corrected chi connectivity index (χ1v) is 8.72. The number of nitrogens with zero attached hydrogens (tertiary/aromatic N) is 1. The highest BCUT2D eigenvalue weighted by atomic mass is 16.7. The standard InChI is InChI=1S/C18H34N2O4/c1-7-9-14-10-15(12(3)21)20(6)16(14)17(19)18(5,22)11-24-13(4)23-8-2/h7,9,13-17,22H,8,10-11,19H2,1-6H3/b9-7-/t13?,14-,15-,16?,17?,18?/m1/s1. The molecular weight excluding hydrogens is 308 g/mol. The zero-order valence-corrected chi connectivity index (χ0v) is 15.9. The molecule has 0 saturated carbocycles. The number of allylic oxidation sites excluding steroid dienone is 1. The Labute approximate surface area is 146 Å². The predicted octanol–water partition coefficient (Wildman–Crippen LogP) is 1.32. The molecule has 0 aromatic carbocycles. The van der Waals surface area contributed by atoms with E-state index in [0.29, 0.717) is 6.61 Å². The van der Waals surface area contributed by atoms with E-state index in [1.165, 1.54) is 0 Å². The van der Waals surface area contributed by atoms with E-state index in [2.05, 4.69) is 6.08 Å². The van der Waals surface area contributed by atoms with Gasteiger partial charge in [-0.15, -0.1) is 0 Å². The summed E-state index contributed by atoms with van der Waals surface area (Å²) in [6.45, 7) is 9.54. The van der Waals surface area contributed by atoms with Gasteiger partial charge in [0.05, 0.1) is 18.7 Å². The van der Waals surface area contributed by atoms with E-state index in [-0.39, 0.29) is 30.4 Å². The number of likely N-dealkylation sites (tertiary alicyclic amines) is 1. The van der Waals surface area contributed by atoms with E-state index in [1.54, 1.807) is 20.8 Å². The first-order valence-electron chi connectivity index (χ1n) is 8.72. The van der Waals surface area contributed by atoms with Gasteiger partial charge in [0.2, 0.25) is 0 Å². The fourth-order valence-corrected chi connectivity index (χ4v) is 3.52. The van der Waals surface area contributed by atoms with E-state index in [4.69, 9.17) is 15.2 Å². The van der Waals surface area contributed by atoms with Crippen LogP contribution in [-0.2, 0) is 14.3 Å². The van der Waals surface area contributed by atoms with Crippen molar-refractivity contribution in [1.29, 1.82) is 0 Å². The Kier molecular flexibility index (Phi) is 8.02. The Balaban J connectivity index is 2.87. The van der Waals surface area contributed by atoms with Gasteiger partial charge >= 0.3 is 0 Å². The molecule has 0 aliphatic carbocycles. The van der Waals surface area contributed by atoms with Crippen LogP contribution in [0.4, 0.5) is 0 Å². The predicted molar refractivity (Wildman–Crippen MR) is 94.6 cm³/mol. The van der Waals surface area contributed by atoms with E-state index >= 15 is 0 Å². The average Bonchev–Trinajstić information content (AvgIpc) is 2.82. The van der Waals surface area contributed by atoms with Gasteiger partial charge in [-0.2, -0.15) is 0 Å². The number of hydrogen-bond acceptors (Lipinski definition) is 6. The van der Waals surface area contributed by atoms with Crippen molar-refractivity contribution in [1.82, 2.24) is 4.90 Å². The van der Waals surface area contributed by atoms with E-state index in [0.717, 1.165) is 6.42 Å². The Morgan fingerprint density at radius 1 is 1.50 bits per heavy atom. The van der Waals surface area contributed by atoms with Gasteiger partial charge in [0.15, 0.2) is 6.29 Å². The first kappa shape index (κ1) is 21.3. The van der Waals surface area contributed by atoms with E-state index in [9.17, 15) is 9.90 Å². The third kappa shape index (κ3) is 5.10. The highest BCUT2D eigenvalue weighted by Crippen LogP contribution is 2.34. The van der Waals surface area contributed by atoms with Gasteiger partial charge in [-0.05, 0) is 54.0 Å². The molecule has 0 bridgehead atoms. The molecule has 6 atom stereocenters. The average molecular weight is 342 g/mol. The van der Waals surface area contributed by atoms with Gasteiger partial charge in [0.1, 0.15) is 11.4 Å². The molecule has 1 rings (SSSR count). The molecule has 1 heterocycles. The molecule has 140 valence electrons. The number of carbonyl (C=O) groups is 1. The summed E-state index contributed by atoms with van der Waals surface area (Å²) >= 11 is 0. The van der Waals surface area contributed by atoms with Gasteiger partial charge in [-0.3, -0.25) is 9.69 Å². The van der Waals surface area contributed by atoms with Crippen LogP contribution in [0.3, 0.4) is 0 Å². The largest absolute Gasteiger partial charge is 0.386 e. The number of aliphatic hydroxyl groups is 1. The third-order valence-corrected chi connectivity index (χ3v) is 4.90. The lowest BCUT2D eigenvalue weighted by atomic mass is 9.84. The molecule has 6 nitrogen and oxygen atoms in total. The Morgan fingerprint density at radius 2 is 2.12 bits per heavy atom. The second-order valence-electron chi connectivity index (χ2n) is 6.92. The van der Waals surface area contributed by atoms with Crippen LogP contribution in [0.25, 0.3) is 0 Å². The first-order chi connectivity index (χ1) is 11.2. The number of carbonyl (C=O) groups excluding carboxylic acids is 1. The molecule has 0 radical (unpaired) electrons. The van der Waals surface area contributed by atoms with Crippen LogP contribution in [0.15, 0.2) is 12.2 Å². The summed E-state index contributed by atoms with van der Waals surface area (Å²) in [5.74, 6) is 0.252. The minimum Gasteiger partial charge on any atom is -0.386 e. The number of ether oxygens (including phenoxy) is 2. The topological polar surface area (TPSA) is 85.0 Å². The summed E-state index contributed by atoms with van der Waals surface area (Å²) in [4.78, 5) is 13.9. The zero-order chi connectivity index (χ0) is 18.5. The van der Waals surface area contributed by atoms with Crippen molar-refractivity contribution in [2.45, 2.75) is 71.1 Å². The summed E-state index contributed by atoms with van der Waals surface area (Å²) in [5.41, 5.74) is 5.21. The summed E-state index contributed by atoms with van der Waals surface area (Å²) in [5, 5.41) is 10.8. The van der Waals surface area contributed by atoms with Crippen LogP contribution in [0.5, 0.6) is 0 Å². The molecule has 0 aromatic rings. The quantitative estimate of drug-likeness (QED) is 0.485. The van der Waals surface area contributed by atoms with Gasteiger partial charge in [0, 0.05) is 12.6 Å². The Bertz CT molecular complexity index is 439. The number of nitrogens with two attached hydrogens (primary N) is 1. The molecule has 1 saturated heterocycles. The zero-order valence-electron chi connectivity index (χ0n) is 15.9. The fraction of sp³-hybridized carbons (Fsp3) is 0.833. The van der Waals surface area contributed by atoms with Crippen molar-refractivity contribution < 1.29 is 19.4 Å². The second kappa shape index (κ2) is 9.06. The highest BCUT2D eigenvalue weighted by Gasteiger charge is 2.47. The highest BCUT2D eigenvalue weighted by molar-refractivity contribution is 5.82. The molecule has 6 heteroatoms. The SMILES string of the molecule is C/C=C\[C@@H]1C[C@H](C(C)=O)N(C)C1C(N)C(C)(O)COC(C)OCC. The van der Waals surface area contributed by atoms with E-state index in [1.807, 2.05) is 31.9 Å². The van der Waals surface area contributed by atoms with Crippen molar-refractivity contribution in [3.8, 4) is 0 Å². The summed E-state index contributed by atoms with van der Waals surface area (Å²) in [7, 11) is 1.90. The van der Waals surface area contributed by atoms with Gasteiger partial charge in [-0.25, -0.2) is 0 Å². The Morgan fingerprint density at radius 3 is 2.62 bits per heavy atom. The second-order valence-corrected chi connectivity index (χ2v) is 6.92. The molecule has 0 spiro atoms. The normalized spacial score (nSPS) is 30.4. The minimum atomic E-state index is -1.23.